The summed E-state index contributed by atoms with van der Waals surface area (Å²) in [6.45, 7) is 0.162. The molecule has 23 heavy (non-hydrogen) atoms. The Morgan fingerprint density at radius 3 is 2.65 bits per heavy atom. The summed E-state index contributed by atoms with van der Waals surface area (Å²) in [5.74, 6) is -0.708. The molecule has 2 rings (SSSR count). The van der Waals surface area contributed by atoms with E-state index in [1.54, 1.807) is 18.2 Å². The molecule has 0 atom stereocenters. The number of nitrogens with zero attached hydrogens (tertiary/aromatic N) is 2. The molecule has 0 radical (unpaired) electrons. The second kappa shape index (κ2) is 7.34. The first-order chi connectivity index (χ1) is 10.9. The summed E-state index contributed by atoms with van der Waals surface area (Å²) >= 11 is 6.27. The van der Waals surface area contributed by atoms with Gasteiger partial charge in [0.2, 0.25) is 0 Å². The fourth-order valence-corrected chi connectivity index (χ4v) is 3.15. The van der Waals surface area contributed by atoms with Crippen molar-refractivity contribution in [2.45, 2.75) is 6.42 Å². The number of hydrogen-bond donors (Lipinski definition) is 0. The summed E-state index contributed by atoms with van der Waals surface area (Å²) in [6.07, 6.45) is 1.68. The first-order valence-electron chi connectivity index (χ1n) is 6.49. The highest BCUT2D eigenvalue weighted by atomic mass is 32.2. The van der Waals surface area contributed by atoms with Gasteiger partial charge >= 0.3 is 5.97 Å². The van der Waals surface area contributed by atoms with Crippen LogP contribution in [0.25, 0.3) is 6.08 Å². The number of rotatable bonds is 5. The van der Waals surface area contributed by atoms with Gasteiger partial charge in [0.1, 0.15) is 4.32 Å². The lowest BCUT2D eigenvalue weighted by Gasteiger charge is -2.12. The Kier molecular flexibility index (Phi) is 5.45. The minimum atomic E-state index is -0.490. The maximum absolute atomic E-state index is 12.3. The number of thiocarbonyl (C=S) groups is 1. The van der Waals surface area contributed by atoms with E-state index in [9.17, 15) is 19.7 Å². The van der Waals surface area contributed by atoms with E-state index in [2.05, 4.69) is 4.74 Å². The van der Waals surface area contributed by atoms with Gasteiger partial charge in [0.25, 0.3) is 11.6 Å². The molecule has 0 N–H and O–H groups in total. The molecule has 1 aromatic rings. The summed E-state index contributed by atoms with van der Waals surface area (Å²) in [5, 5.41) is 10.6. The average Bonchev–Trinajstić information content (AvgIpc) is 2.79. The number of thioether (sulfide) groups is 1. The third-order valence-corrected chi connectivity index (χ3v) is 4.42. The molecule has 1 aliphatic heterocycles. The number of nitro groups is 1. The van der Waals surface area contributed by atoms with Crippen molar-refractivity contribution >= 4 is 51.9 Å². The number of carbonyl (C=O) groups excluding carboxylic acids is 2. The second-order valence-corrected chi connectivity index (χ2v) is 6.18. The third-order valence-electron chi connectivity index (χ3n) is 3.04. The molecule has 120 valence electrons. The van der Waals surface area contributed by atoms with E-state index in [0.29, 0.717) is 14.8 Å². The molecule has 9 heteroatoms. The van der Waals surface area contributed by atoms with Gasteiger partial charge in [-0.25, -0.2) is 0 Å². The molecule has 7 nitrogen and oxygen atoms in total. The minimum absolute atomic E-state index is 0.0206. The maximum Gasteiger partial charge on any atom is 0.307 e. The van der Waals surface area contributed by atoms with Gasteiger partial charge in [0, 0.05) is 18.7 Å². The van der Waals surface area contributed by atoms with E-state index in [4.69, 9.17) is 12.2 Å². The number of nitro benzene ring substituents is 1. The predicted molar refractivity (Wildman–Crippen MR) is 89.6 cm³/mol. The molecule has 1 heterocycles. The fraction of sp³-hybridized carbons (Fsp3) is 0.214. The number of benzene rings is 1. The predicted octanol–water partition coefficient (Wildman–Crippen LogP) is 2.36. The molecule has 0 bridgehead atoms. The van der Waals surface area contributed by atoms with Gasteiger partial charge in [-0.1, -0.05) is 24.0 Å². The zero-order valence-corrected chi connectivity index (χ0v) is 13.7. The van der Waals surface area contributed by atoms with Crippen molar-refractivity contribution in [1.82, 2.24) is 4.90 Å². The number of non-ortho nitro benzene ring substituents is 1. The van der Waals surface area contributed by atoms with Crippen LogP contribution in [0.2, 0.25) is 0 Å². The molecule has 1 saturated heterocycles. The van der Waals surface area contributed by atoms with E-state index in [1.165, 1.54) is 24.1 Å². The quantitative estimate of drug-likeness (QED) is 0.264. The Morgan fingerprint density at radius 2 is 2.09 bits per heavy atom. The number of amides is 1. The standard InChI is InChI=1S/C14H12N2O5S2/c1-21-12(17)6-7-15-13(18)11(23-14(15)22)8-9-2-4-10(5-3-9)16(19)20/h2-5,8H,6-7H2,1H3. The molecule has 1 aromatic carbocycles. The molecular weight excluding hydrogens is 340 g/mol. The van der Waals surface area contributed by atoms with Crippen LogP contribution in [0.3, 0.4) is 0 Å². The van der Waals surface area contributed by atoms with E-state index in [0.717, 1.165) is 11.8 Å². The molecule has 0 spiro atoms. The monoisotopic (exact) mass is 352 g/mol. The Hall–Kier alpha value is -2.26. The van der Waals surface area contributed by atoms with Crippen LogP contribution in [0.4, 0.5) is 5.69 Å². The fourth-order valence-electron chi connectivity index (χ4n) is 1.84. The summed E-state index contributed by atoms with van der Waals surface area (Å²) in [4.78, 5) is 35.3. The van der Waals surface area contributed by atoms with Crippen molar-refractivity contribution in [1.29, 1.82) is 0 Å². The van der Waals surface area contributed by atoms with Crippen molar-refractivity contribution < 1.29 is 19.2 Å². The summed E-state index contributed by atoms with van der Waals surface area (Å²) in [7, 11) is 1.28. The van der Waals surface area contributed by atoms with Crippen LogP contribution in [-0.2, 0) is 14.3 Å². The van der Waals surface area contributed by atoms with Crippen LogP contribution in [-0.4, -0.2) is 39.7 Å². The highest BCUT2D eigenvalue weighted by molar-refractivity contribution is 8.26. The summed E-state index contributed by atoms with van der Waals surface area (Å²) in [5.41, 5.74) is 0.636. The van der Waals surface area contributed by atoms with Crippen molar-refractivity contribution in [3.63, 3.8) is 0 Å². The van der Waals surface area contributed by atoms with Crippen molar-refractivity contribution in [3.8, 4) is 0 Å². The van der Waals surface area contributed by atoms with Gasteiger partial charge in [-0.3, -0.25) is 24.6 Å². The minimum Gasteiger partial charge on any atom is -0.469 e. The lowest BCUT2D eigenvalue weighted by Crippen LogP contribution is -2.30. The van der Waals surface area contributed by atoms with Gasteiger partial charge in [0.15, 0.2) is 0 Å². The Bertz CT molecular complexity index is 700. The zero-order valence-electron chi connectivity index (χ0n) is 12.1. The summed E-state index contributed by atoms with van der Waals surface area (Å²) < 4.78 is 4.90. The number of methoxy groups -OCH3 is 1. The highest BCUT2D eigenvalue weighted by Crippen LogP contribution is 2.32. The van der Waals surface area contributed by atoms with Gasteiger partial charge in [-0.05, 0) is 23.8 Å². The number of carbonyl (C=O) groups is 2. The van der Waals surface area contributed by atoms with Gasteiger partial charge in [-0.15, -0.1) is 0 Å². The molecule has 0 unspecified atom stereocenters. The second-order valence-electron chi connectivity index (χ2n) is 4.51. The Balaban J connectivity index is 2.11. The lowest BCUT2D eigenvalue weighted by atomic mass is 10.2. The Labute approximate surface area is 141 Å². The molecule has 1 aliphatic rings. The normalized spacial score (nSPS) is 16.0. The maximum atomic E-state index is 12.3. The van der Waals surface area contributed by atoms with E-state index in [1.807, 2.05) is 0 Å². The molecule has 0 aliphatic carbocycles. The van der Waals surface area contributed by atoms with Crippen molar-refractivity contribution in [2.24, 2.45) is 0 Å². The van der Waals surface area contributed by atoms with Crippen LogP contribution in [0.5, 0.6) is 0 Å². The lowest BCUT2D eigenvalue weighted by molar-refractivity contribution is -0.384. The van der Waals surface area contributed by atoms with E-state index < -0.39 is 10.9 Å². The topological polar surface area (TPSA) is 89.8 Å². The molecule has 0 aromatic heterocycles. The first-order valence-corrected chi connectivity index (χ1v) is 7.71. The van der Waals surface area contributed by atoms with Gasteiger partial charge in [-0.2, -0.15) is 0 Å². The van der Waals surface area contributed by atoms with Crippen LogP contribution in [0.1, 0.15) is 12.0 Å². The van der Waals surface area contributed by atoms with E-state index >= 15 is 0 Å². The third kappa shape index (κ3) is 4.14. The highest BCUT2D eigenvalue weighted by Gasteiger charge is 2.32. The van der Waals surface area contributed by atoms with Gasteiger partial charge < -0.3 is 4.74 Å². The SMILES string of the molecule is COC(=O)CCN1C(=O)C(=Cc2ccc([N+](=O)[O-])cc2)SC1=S. The average molecular weight is 352 g/mol. The largest absolute Gasteiger partial charge is 0.469 e. The van der Waals surface area contributed by atoms with Crippen LogP contribution in [0.15, 0.2) is 29.2 Å². The number of ether oxygens (including phenoxy) is 1. The van der Waals surface area contributed by atoms with Crippen LogP contribution < -0.4 is 0 Å². The zero-order chi connectivity index (χ0) is 17.0. The van der Waals surface area contributed by atoms with E-state index in [-0.39, 0.29) is 24.6 Å². The molecule has 0 saturated carbocycles. The molecular formula is C14H12N2O5S2. The van der Waals surface area contributed by atoms with Crippen LogP contribution >= 0.6 is 24.0 Å². The smallest absolute Gasteiger partial charge is 0.307 e. The Morgan fingerprint density at radius 1 is 1.43 bits per heavy atom. The molecule has 1 fully saturated rings. The van der Waals surface area contributed by atoms with Crippen molar-refractivity contribution in [2.75, 3.05) is 13.7 Å². The van der Waals surface area contributed by atoms with Crippen LogP contribution in [0, 0.1) is 10.1 Å². The van der Waals surface area contributed by atoms with Gasteiger partial charge in [0.05, 0.1) is 23.4 Å². The molecule has 1 amide bonds. The number of hydrogen-bond acceptors (Lipinski definition) is 7. The summed E-state index contributed by atoms with van der Waals surface area (Å²) in [6, 6.07) is 5.84. The first kappa shape index (κ1) is 17.1. The number of esters is 1. The van der Waals surface area contributed by atoms with Crippen molar-refractivity contribution in [3.05, 3.63) is 44.8 Å².